The molecule has 2 nitrogen and oxygen atoms in total. The fourth-order valence-electron chi connectivity index (χ4n) is 4.24. The van der Waals surface area contributed by atoms with Gasteiger partial charge in [0.2, 0.25) is 0 Å². The Bertz CT molecular complexity index is 616. The number of rotatable bonds is 10. The summed E-state index contributed by atoms with van der Waals surface area (Å²) in [5.41, 5.74) is 2.51. The highest BCUT2D eigenvalue weighted by molar-refractivity contribution is 6.15. The fraction of sp³-hybridized carbons (Fsp3) is 0.560. The summed E-state index contributed by atoms with van der Waals surface area (Å²) in [5, 5.41) is 9.42. The van der Waals surface area contributed by atoms with Crippen LogP contribution in [0.1, 0.15) is 95.1 Å². The van der Waals surface area contributed by atoms with Crippen LogP contribution in [0, 0.1) is 5.92 Å². The molecular weight excluding hydrogens is 332 g/mol. The number of hydrogen-bond donors (Lipinski definition) is 1. The van der Waals surface area contributed by atoms with Crippen molar-refractivity contribution < 1.29 is 9.90 Å². The first-order valence-electron chi connectivity index (χ1n) is 10.8. The number of hydrogen-bond acceptors (Lipinski definition) is 1. The van der Waals surface area contributed by atoms with E-state index in [1.54, 1.807) is 12.2 Å². The third-order valence-corrected chi connectivity index (χ3v) is 5.94. The van der Waals surface area contributed by atoms with Crippen molar-refractivity contribution in [1.29, 1.82) is 0 Å². The first-order valence-corrected chi connectivity index (χ1v) is 10.8. The minimum absolute atomic E-state index is 0.353. The van der Waals surface area contributed by atoms with Gasteiger partial charge in [-0.3, -0.25) is 0 Å². The number of aliphatic carboxylic acids is 1. The molecule has 148 valence electrons. The highest BCUT2D eigenvalue weighted by atomic mass is 16.4. The van der Waals surface area contributed by atoms with Gasteiger partial charge < -0.3 is 5.11 Å². The van der Waals surface area contributed by atoms with Crippen molar-refractivity contribution in [2.24, 2.45) is 5.92 Å². The number of unbranched alkanes of at least 4 members (excludes halogenated alkanes) is 4. The molecule has 1 N–H and O–H groups in total. The zero-order valence-electron chi connectivity index (χ0n) is 17.1. The molecule has 0 saturated heterocycles. The minimum atomic E-state index is -0.875. The standard InChI is InChI=1S/C25H36O2/c1-3-5-7-8-9-10-20-12-14-21(15-13-20)22-16-18-23(19-17-22)24(25(26)27)11-6-4-2/h4,6,11,16-21H,3,5,7-10,12-15H2,1-2H3,(H,26,27)/t20-,21-. The third kappa shape index (κ3) is 7.01. The highest BCUT2D eigenvalue weighted by Crippen LogP contribution is 2.38. The molecule has 1 saturated carbocycles. The lowest BCUT2D eigenvalue weighted by Crippen LogP contribution is -2.13. The van der Waals surface area contributed by atoms with Crippen LogP contribution >= 0.6 is 0 Å². The van der Waals surface area contributed by atoms with Gasteiger partial charge in [0.15, 0.2) is 0 Å². The summed E-state index contributed by atoms with van der Waals surface area (Å²) < 4.78 is 0. The van der Waals surface area contributed by atoms with Gasteiger partial charge >= 0.3 is 5.97 Å². The Kier molecular flexibility index (Phi) is 9.38. The lowest BCUT2D eigenvalue weighted by Gasteiger charge is -2.29. The Balaban J connectivity index is 1.85. The molecule has 2 heteroatoms. The number of carboxylic acid groups (broad SMARTS) is 1. The maximum absolute atomic E-state index is 11.5. The smallest absolute Gasteiger partial charge is 0.336 e. The van der Waals surface area contributed by atoms with Crippen LogP contribution in [0.2, 0.25) is 0 Å². The van der Waals surface area contributed by atoms with E-state index in [-0.39, 0.29) is 0 Å². The zero-order valence-corrected chi connectivity index (χ0v) is 17.1. The molecule has 0 spiro atoms. The predicted molar refractivity (Wildman–Crippen MR) is 115 cm³/mol. The van der Waals surface area contributed by atoms with Gasteiger partial charge in [0.1, 0.15) is 0 Å². The maximum atomic E-state index is 11.5. The Labute approximate surface area is 165 Å². The van der Waals surface area contributed by atoms with Crippen LogP contribution in [0.15, 0.2) is 42.5 Å². The first kappa shape index (κ1) is 21.5. The lowest BCUT2D eigenvalue weighted by molar-refractivity contribution is -0.130. The lowest BCUT2D eigenvalue weighted by atomic mass is 9.77. The van der Waals surface area contributed by atoms with Crippen molar-refractivity contribution in [3.8, 4) is 0 Å². The molecule has 0 amide bonds. The molecule has 0 heterocycles. The molecule has 1 fully saturated rings. The second-order valence-corrected chi connectivity index (χ2v) is 7.95. The van der Waals surface area contributed by atoms with Crippen LogP contribution in [-0.4, -0.2) is 11.1 Å². The van der Waals surface area contributed by atoms with Gasteiger partial charge in [0, 0.05) is 0 Å². The van der Waals surface area contributed by atoms with Crippen LogP contribution in [0.5, 0.6) is 0 Å². The number of carbonyl (C=O) groups is 1. The van der Waals surface area contributed by atoms with Crippen LogP contribution in [0.3, 0.4) is 0 Å². The number of carboxylic acids is 1. The van der Waals surface area contributed by atoms with E-state index in [0.29, 0.717) is 11.5 Å². The van der Waals surface area contributed by atoms with E-state index in [0.717, 1.165) is 11.5 Å². The van der Waals surface area contributed by atoms with Gasteiger partial charge in [-0.1, -0.05) is 81.9 Å². The molecule has 1 aliphatic carbocycles. The average molecular weight is 369 g/mol. The summed E-state index contributed by atoms with van der Waals surface area (Å²) in [5.74, 6) is 0.688. The van der Waals surface area contributed by atoms with Gasteiger partial charge in [-0.25, -0.2) is 4.79 Å². The number of benzene rings is 1. The van der Waals surface area contributed by atoms with E-state index >= 15 is 0 Å². The molecule has 0 radical (unpaired) electrons. The molecule has 27 heavy (non-hydrogen) atoms. The molecular formula is C25H36O2. The molecule has 1 aliphatic rings. The first-order chi connectivity index (χ1) is 13.2. The van der Waals surface area contributed by atoms with Gasteiger partial charge in [0.25, 0.3) is 0 Å². The summed E-state index contributed by atoms with van der Waals surface area (Å²) in [6.07, 6.45) is 18.9. The van der Waals surface area contributed by atoms with Crippen molar-refractivity contribution in [1.82, 2.24) is 0 Å². The van der Waals surface area contributed by atoms with Crippen molar-refractivity contribution in [3.63, 3.8) is 0 Å². The van der Waals surface area contributed by atoms with Crippen molar-refractivity contribution in [3.05, 3.63) is 53.6 Å². The summed E-state index contributed by atoms with van der Waals surface area (Å²) in [6.45, 7) is 4.16. The number of allylic oxidation sites excluding steroid dienone is 3. The molecule has 0 aliphatic heterocycles. The van der Waals surface area contributed by atoms with Gasteiger partial charge in [-0.2, -0.15) is 0 Å². The van der Waals surface area contributed by atoms with Crippen LogP contribution in [0.4, 0.5) is 0 Å². The molecule has 1 aromatic carbocycles. The van der Waals surface area contributed by atoms with E-state index in [9.17, 15) is 9.90 Å². The third-order valence-electron chi connectivity index (χ3n) is 5.94. The largest absolute Gasteiger partial charge is 0.478 e. The molecule has 0 unspecified atom stereocenters. The Morgan fingerprint density at radius 2 is 1.70 bits per heavy atom. The summed E-state index contributed by atoms with van der Waals surface area (Å²) in [7, 11) is 0. The SMILES string of the molecule is CC=CC=C(C(=O)O)c1ccc([C@H]2CC[C@H](CCCCCCC)CC2)cc1. The van der Waals surface area contributed by atoms with E-state index in [1.165, 1.54) is 69.8 Å². The van der Waals surface area contributed by atoms with Gasteiger partial charge in [-0.15, -0.1) is 0 Å². The van der Waals surface area contributed by atoms with Crippen molar-refractivity contribution in [2.45, 2.75) is 84.0 Å². The molecule has 2 rings (SSSR count). The van der Waals surface area contributed by atoms with E-state index in [2.05, 4.69) is 19.1 Å². The molecule has 0 aromatic heterocycles. The second-order valence-electron chi connectivity index (χ2n) is 7.95. The Morgan fingerprint density at radius 1 is 1.04 bits per heavy atom. The van der Waals surface area contributed by atoms with E-state index in [4.69, 9.17) is 0 Å². The summed E-state index contributed by atoms with van der Waals surface area (Å²) >= 11 is 0. The average Bonchev–Trinajstić information content (AvgIpc) is 2.69. The Morgan fingerprint density at radius 3 is 2.30 bits per heavy atom. The molecule has 0 atom stereocenters. The van der Waals surface area contributed by atoms with Crippen molar-refractivity contribution in [2.75, 3.05) is 0 Å². The van der Waals surface area contributed by atoms with Crippen LogP contribution < -0.4 is 0 Å². The second kappa shape index (κ2) is 11.8. The predicted octanol–water partition coefficient (Wildman–Crippen LogP) is 7.37. The van der Waals surface area contributed by atoms with Gasteiger partial charge in [-0.05, 0) is 61.6 Å². The normalized spacial score (nSPS) is 20.9. The molecule has 0 bridgehead atoms. The summed E-state index contributed by atoms with van der Waals surface area (Å²) in [4.78, 5) is 11.5. The van der Waals surface area contributed by atoms with E-state index in [1.807, 2.05) is 25.1 Å². The maximum Gasteiger partial charge on any atom is 0.336 e. The van der Waals surface area contributed by atoms with E-state index < -0.39 is 5.97 Å². The quantitative estimate of drug-likeness (QED) is 0.266. The zero-order chi connectivity index (χ0) is 19.5. The highest BCUT2D eigenvalue weighted by Gasteiger charge is 2.22. The van der Waals surface area contributed by atoms with Crippen LogP contribution in [0.25, 0.3) is 5.57 Å². The summed E-state index contributed by atoms with van der Waals surface area (Å²) in [6, 6.07) is 8.21. The minimum Gasteiger partial charge on any atom is -0.478 e. The molecule has 1 aromatic rings. The Hall–Kier alpha value is -1.83. The monoisotopic (exact) mass is 368 g/mol. The van der Waals surface area contributed by atoms with Crippen LogP contribution in [-0.2, 0) is 4.79 Å². The van der Waals surface area contributed by atoms with Crippen molar-refractivity contribution >= 4 is 11.5 Å². The van der Waals surface area contributed by atoms with Gasteiger partial charge in [0.05, 0.1) is 5.57 Å². The fourth-order valence-corrected chi connectivity index (χ4v) is 4.24. The topological polar surface area (TPSA) is 37.3 Å².